The minimum Gasteiger partial charge on any atom is -0.390 e. The molecule has 0 aliphatic carbocycles. The molecular weight excluding hydrogens is 511 g/mol. The normalized spacial score (nSPS) is 20.8. The predicted octanol–water partition coefficient (Wildman–Crippen LogP) is 1.75. The van der Waals surface area contributed by atoms with Crippen LogP contribution in [0.1, 0.15) is 37.7 Å². The van der Waals surface area contributed by atoms with Crippen molar-refractivity contribution in [3.8, 4) is 0 Å². The molecule has 5 rings (SSSR count). The first-order valence-corrected chi connectivity index (χ1v) is 14.9. The van der Waals surface area contributed by atoms with Gasteiger partial charge in [0.25, 0.3) is 5.56 Å². The molecule has 3 aromatic heterocycles. The Bertz CT molecular complexity index is 1510. The molecule has 2 saturated heterocycles. The summed E-state index contributed by atoms with van der Waals surface area (Å²) in [4.78, 5) is 30.5. The maximum absolute atomic E-state index is 14.0. The molecule has 12 heteroatoms. The van der Waals surface area contributed by atoms with Crippen molar-refractivity contribution in [3.63, 3.8) is 0 Å². The number of aromatic nitrogens is 4. The Balaban J connectivity index is 1.43. The quantitative estimate of drug-likeness (QED) is 0.474. The van der Waals surface area contributed by atoms with Crippen molar-refractivity contribution in [1.82, 2.24) is 19.5 Å². The minimum absolute atomic E-state index is 0.0441. The van der Waals surface area contributed by atoms with Crippen molar-refractivity contribution in [2.45, 2.75) is 45.0 Å². The SMILES string of the molecule is CC(C)n1c(=O)cc(N2CC(CS(C)(=O)=O)C2)c2cnc(Cc3ccnc(N4CCC(O)C(F)C4)n3)cc21. The Morgan fingerprint density at radius 2 is 1.89 bits per heavy atom. The van der Waals surface area contributed by atoms with Gasteiger partial charge in [-0.2, -0.15) is 0 Å². The molecule has 0 bridgehead atoms. The number of rotatable bonds is 7. The Kier molecular flexibility index (Phi) is 7.12. The summed E-state index contributed by atoms with van der Waals surface area (Å²) in [5.41, 5.74) is 2.85. The molecule has 0 saturated carbocycles. The van der Waals surface area contributed by atoms with Gasteiger partial charge in [0.05, 0.1) is 35.3 Å². The molecule has 38 heavy (non-hydrogen) atoms. The van der Waals surface area contributed by atoms with Crippen molar-refractivity contribution in [2.75, 3.05) is 48.0 Å². The molecule has 10 nitrogen and oxygen atoms in total. The number of fused-ring (bicyclic) bond motifs is 1. The van der Waals surface area contributed by atoms with Crippen LogP contribution in [-0.4, -0.2) is 83.5 Å². The summed E-state index contributed by atoms with van der Waals surface area (Å²) in [6.45, 7) is 5.58. The van der Waals surface area contributed by atoms with Crippen molar-refractivity contribution in [2.24, 2.45) is 5.92 Å². The van der Waals surface area contributed by atoms with E-state index in [1.165, 1.54) is 6.26 Å². The lowest BCUT2D eigenvalue weighted by atomic mass is 10.00. The van der Waals surface area contributed by atoms with Crippen LogP contribution in [0.3, 0.4) is 0 Å². The fourth-order valence-corrected chi connectivity index (χ4v) is 6.42. The number of halogens is 1. The zero-order valence-corrected chi connectivity index (χ0v) is 22.6. The van der Waals surface area contributed by atoms with Gasteiger partial charge in [0.15, 0.2) is 0 Å². The van der Waals surface area contributed by atoms with E-state index in [4.69, 9.17) is 0 Å². The van der Waals surface area contributed by atoms with Crippen LogP contribution in [0.4, 0.5) is 16.0 Å². The van der Waals surface area contributed by atoms with E-state index in [2.05, 4.69) is 15.0 Å². The summed E-state index contributed by atoms with van der Waals surface area (Å²) >= 11 is 0. The lowest BCUT2D eigenvalue weighted by Crippen LogP contribution is -2.50. The number of piperidine rings is 1. The molecule has 2 atom stereocenters. The largest absolute Gasteiger partial charge is 0.390 e. The van der Waals surface area contributed by atoms with Gasteiger partial charge in [-0.25, -0.2) is 22.8 Å². The molecule has 0 spiro atoms. The third kappa shape index (κ3) is 5.51. The number of alkyl halides is 1. The summed E-state index contributed by atoms with van der Waals surface area (Å²) in [6.07, 6.45) is 3.07. The molecule has 5 heterocycles. The Labute approximate surface area is 221 Å². The monoisotopic (exact) mass is 544 g/mol. The van der Waals surface area contributed by atoms with E-state index in [0.29, 0.717) is 44.1 Å². The zero-order valence-electron chi connectivity index (χ0n) is 21.8. The summed E-state index contributed by atoms with van der Waals surface area (Å²) in [7, 11) is -3.06. The van der Waals surface area contributed by atoms with Gasteiger partial charge in [0, 0.05) is 73.8 Å². The van der Waals surface area contributed by atoms with E-state index >= 15 is 0 Å². The number of sulfone groups is 1. The van der Waals surface area contributed by atoms with Gasteiger partial charge in [-0.05, 0) is 32.4 Å². The number of anilines is 2. The molecular formula is C26H33FN6O4S. The summed E-state index contributed by atoms with van der Waals surface area (Å²) in [5.74, 6) is 0.598. The number of aliphatic hydroxyl groups is 1. The molecule has 0 radical (unpaired) electrons. The van der Waals surface area contributed by atoms with Crippen LogP contribution in [0.25, 0.3) is 10.9 Å². The van der Waals surface area contributed by atoms with E-state index < -0.39 is 22.1 Å². The first-order valence-electron chi connectivity index (χ1n) is 12.8. The molecule has 2 aliphatic rings. The third-order valence-corrected chi connectivity index (χ3v) is 8.25. The van der Waals surface area contributed by atoms with Crippen LogP contribution in [0, 0.1) is 5.92 Å². The Hall–Kier alpha value is -3.12. The molecule has 0 amide bonds. The number of aliphatic hydroxyl groups excluding tert-OH is 1. The van der Waals surface area contributed by atoms with Gasteiger partial charge >= 0.3 is 0 Å². The van der Waals surface area contributed by atoms with Gasteiger partial charge in [-0.3, -0.25) is 9.78 Å². The number of nitrogens with zero attached hydrogens (tertiary/aromatic N) is 6. The minimum atomic E-state index is -3.06. The second kappa shape index (κ2) is 10.2. The van der Waals surface area contributed by atoms with Gasteiger partial charge < -0.3 is 19.5 Å². The summed E-state index contributed by atoms with van der Waals surface area (Å²) < 4.78 is 39.1. The highest BCUT2D eigenvalue weighted by molar-refractivity contribution is 7.90. The van der Waals surface area contributed by atoms with Crippen molar-refractivity contribution in [1.29, 1.82) is 0 Å². The van der Waals surface area contributed by atoms with Crippen LogP contribution < -0.4 is 15.4 Å². The standard InChI is InChI=1S/C26H33FN6O4S/c1-16(2)33-23-9-19(8-18-4-6-28-26(30-18)31-7-5-24(34)21(27)14-31)29-11-20(23)22(10-25(33)35)32-12-17(13-32)15-38(3,36)37/h4,6,9-11,16-17,21,24,34H,5,7-8,12-15H2,1-3H3. The van der Waals surface area contributed by atoms with Crippen molar-refractivity contribution < 1.29 is 17.9 Å². The molecule has 0 aromatic carbocycles. The van der Waals surface area contributed by atoms with E-state index in [1.54, 1.807) is 34.0 Å². The second-order valence-electron chi connectivity index (χ2n) is 10.7. The molecule has 2 fully saturated rings. The van der Waals surface area contributed by atoms with Crippen molar-refractivity contribution >= 4 is 32.4 Å². The van der Waals surface area contributed by atoms with Crippen LogP contribution in [0.2, 0.25) is 0 Å². The predicted molar refractivity (Wildman–Crippen MR) is 144 cm³/mol. The van der Waals surface area contributed by atoms with Crippen LogP contribution in [0.5, 0.6) is 0 Å². The van der Waals surface area contributed by atoms with E-state index in [0.717, 1.165) is 22.3 Å². The molecule has 3 aromatic rings. The van der Waals surface area contributed by atoms with Gasteiger partial charge in [-0.1, -0.05) is 0 Å². The summed E-state index contributed by atoms with van der Waals surface area (Å²) in [6, 6.07) is 5.24. The maximum Gasteiger partial charge on any atom is 0.253 e. The van der Waals surface area contributed by atoms with Gasteiger partial charge in [-0.15, -0.1) is 0 Å². The summed E-state index contributed by atoms with van der Waals surface area (Å²) in [5, 5.41) is 10.5. The average Bonchev–Trinajstić information content (AvgIpc) is 2.81. The highest BCUT2D eigenvalue weighted by Gasteiger charge is 2.32. The Morgan fingerprint density at radius 1 is 1.13 bits per heavy atom. The van der Waals surface area contributed by atoms with Crippen molar-refractivity contribution in [3.05, 3.63) is 52.3 Å². The third-order valence-electron chi connectivity index (χ3n) is 7.18. The van der Waals surface area contributed by atoms with Gasteiger partial charge in [0.2, 0.25) is 5.95 Å². The molecule has 2 unspecified atom stereocenters. The lowest BCUT2D eigenvalue weighted by molar-refractivity contribution is 0.0611. The van der Waals surface area contributed by atoms with E-state index in [9.17, 15) is 22.7 Å². The maximum atomic E-state index is 14.0. The van der Waals surface area contributed by atoms with E-state index in [1.807, 2.05) is 24.8 Å². The van der Waals surface area contributed by atoms with Crippen LogP contribution >= 0.6 is 0 Å². The zero-order chi connectivity index (χ0) is 27.2. The van der Waals surface area contributed by atoms with Crippen LogP contribution in [-0.2, 0) is 16.3 Å². The van der Waals surface area contributed by atoms with Gasteiger partial charge in [0.1, 0.15) is 16.0 Å². The average molecular weight is 545 g/mol. The highest BCUT2D eigenvalue weighted by Crippen LogP contribution is 2.32. The fourth-order valence-electron chi connectivity index (χ4n) is 5.35. The van der Waals surface area contributed by atoms with Crippen LogP contribution in [0.15, 0.2) is 35.4 Å². The first-order chi connectivity index (χ1) is 18.0. The van der Waals surface area contributed by atoms with E-state index in [-0.39, 0.29) is 29.8 Å². The molecule has 1 N–H and O–H groups in total. The number of hydrogen-bond donors (Lipinski definition) is 1. The highest BCUT2D eigenvalue weighted by atomic mass is 32.2. The fraction of sp³-hybridized carbons (Fsp3) is 0.538. The lowest BCUT2D eigenvalue weighted by Gasteiger charge is -2.41. The second-order valence-corrected chi connectivity index (χ2v) is 12.9. The molecule has 204 valence electrons. The number of hydrogen-bond acceptors (Lipinski definition) is 9. The smallest absolute Gasteiger partial charge is 0.253 e. The topological polar surface area (TPSA) is 122 Å². The first kappa shape index (κ1) is 26.5. The number of pyridine rings is 2. The Morgan fingerprint density at radius 3 is 2.58 bits per heavy atom. The molecule has 2 aliphatic heterocycles.